The predicted molar refractivity (Wildman–Crippen MR) is 83.5 cm³/mol. The fourth-order valence-corrected chi connectivity index (χ4v) is 4.91. The van der Waals surface area contributed by atoms with Crippen LogP contribution in [0.3, 0.4) is 0 Å². The van der Waals surface area contributed by atoms with Gasteiger partial charge in [-0.1, -0.05) is 6.92 Å². The maximum Gasteiger partial charge on any atom is 0.272 e. The first-order valence-corrected chi connectivity index (χ1v) is 9.81. The van der Waals surface area contributed by atoms with Crippen molar-refractivity contribution in [2.24, 2.45) is 11.8 Å². The van der Waals surface area contributed by atoms with E-state index in [0.717, 1.165) is 30.5 Å². The van der Waals surface area contributed by atoms with E-state index < -0.39 is 9.84 Å². The van der Waals surface area contributed by atoms with E-state index in [1.54, 1.807) is 0 Å². The van der Waals surface area contributed by atoms with Gasteiger partial charge in [0.1, 0.15) is 9.84 Å². The summed E-state index contributed by atoms with van der Waals surface area (Å²) in [4.78, 5) is 12.3. The molecule has 1 saturated heterocycles. The molecule has 1 atom stereocenters. The summed E-state index contributed by atoms with van der Waals surface area (Å²) in [5, 5.41) is 10.1. The number of hydrogen-bond acceptors (Lipinski definition) is 4. The van der Waals surface area contributed by atoms with Crippen LogP contribution in [-0.4, -0.2) is 42.6 Å². The SMILES string of the molecule is CC1CCc2[nH]nc(C(=O)NCC3CCS(=O)(=O)CC3)c2C1. The number of aryl methyl sites for hydroxylation is 1. The molecule has 2 aliphatic rings. The first-order valence-electron chi connectivity index (χ1n) is 7.99. The number of carbonyl (C=O) groups excluding carboxylic acids is 1. The molecule has 0 bridgehead atoms. The summed E-state index contributed by atoms with van der Waals surface area (Å²) in [5.74, 6) is 1.17. The fourth-order valence-electron chi connectivity index (χ4n) is 3.32. The van der Waals surface area contributed by atoms with Crippen LogP contribution in [0.1, 0.15) is 47.9 Å². The van der Waals surface area contributed by atoms with Crippen LogP contribution in [-0.2, 0) is 22.7 Å². The van der Waals surface area contributed by atoms with Crippen LogP contribution in [0.15, 0.2) is 0 Å². The molecule has 1 fully saturated rings. The summed E-state index contributed by atoms with van der Waals surface area (Å²) in [6.45, 7) is 2.73. The van der Waals surface area contributed by atoms with E-state index in [1.165, 1.54) is 0 Å². The number of rotatable bonds is 3. The van der Waals surface area contributed by atoms with E-state index in [9.17, 15) is 13.2 Å². The number of amides is 1. The third-order valence-corrected chi connectivity index (χ3v) is 6.55. The van der Waals surface area contributed by atoms with Crippen LogP contribution < -0.4 is 5.32 Å². The van der Waals surface area contributed by atoms with Crippen molar-refractivity contribution in [2.45, 2.75) is 39.0 Å². The van der Waals surface area contributed by atoms with E-state index in [1.807, 2.05) is 0 Å². The number of H-pyrrole nitrogens is 1. The second-order valence-electron chi connectivity index (χ2n) is 6.68. The van der Waals surface area contributed by atoms with Crippen LogP contribution in [0.4, 0.5) is 0 Å². The van der Waals surface area contributed by atoms with Gasteiger partial charge < -0.3 is 5.32 Å². The molecule has 2 heterocycles. The Hall–Kier alpha value is -1.37. The van der Waals surface area contributed by atoms with Crippen molar-refractivity contribution >= 4 is 15.7 Å². The largest absolute Gasteiger partial charge is 0.350 e. The summed E-state index contributed by atoms with van der Waals surface area (Å²) in [7, 11) is -2.85. The van der Waals surface area contributed by atoms with Gasteiger partial charge in [-0.3, -0.25) is 9.89 Å². The van der Waals surface area contributed by atoms with Gasteiger partial charge in [0.05, 0.1) is 11.5 Å². The van der Waals surface area contributed by atoms with Crippen molar-refractivity contribution < 1.29 is 13.2 Å². The summed E-state index contributed by atoms with van der Waals surface area (Å²) in [6.07, 6.45) is 4.26. The van der Waals surface area contributed by atoms with Gasteiger partial charge in [0.15, 0.2) is 5.69 Å². The quantitative estimate of drug-likeness (QED) is 0.870. The van der Waals surface area contributed by atoms with E-state index in [-0.39, 0.29) is 23.3 Å². The Morgan fingerprint density at radius 3 is 2.77 bits per heavy atom. The topological polar surface area (TPSA) is 91.9 Å². The number of aromatic nitrogens is 2. The third kappa shape index (κ3) is 3.34. The highest BCUT2D eigenvalue weighted by atomic mass is 32.2. The second kappa shape index (κ2) is 6.02. The molecule has 1 aliphatic heterocycles. The molecule has 22 heavy (non-hydrogen) atoms. The average molecular weight is 325 g/mol. The molecule has 0 saturated carbocycles. The number of nitrogens with zero attached hydrogens (tertiary/aromatic N) is 1. The normalized spacial score (nSPS) is 24.7. The molecule has 0 spiro atoms. The summed E-state index contributed by atoms with van der Waals surface area (Å²) in [5.41, 5.74) is 2.67. The lowest BCUT2D eigenvalue weighted by atomic mass is 9.87. The van der Waals surface area contributed by atoms with Crippen molar-refractivity contribution in [3.8, 4) is 0 Å². The highest BCUT2D eigenvalue weighted by molar-refractivity contribution is 7.91. The molecular formula is C15H23N3O3S. The van der Waals surface area contributed by atoms with Gasteiger partial charge in [-0.2, -0.15) is 5.10 Å². The van der Waals surface area contributed by atoms with Gasteiger partial charge in [-0.25, -0.2) is 8.42 Å². The van der Waals surface area contributed by atoms with E-state index in [4.69, 9.17) is 0 Å². The summed E-state index contributed by atoms with van der Waals surface area (Å²) < 4.78 is 22.8. The Morgan fingerprint density at radius 2 is 2.05 bits per heavy atom. The number of fused-ring (bicyclic) bond motifs is 1. The first-order chi connectivity index (χ1) is 10.4. The fraction of sp³-hybridized carbons (Fsp3) is 0.733. The Balaban J connectivity index is 1.58. The molecule has 1 unspecified atom stereocenters. The van der Waals surface area contributed by atoms with Crippen molar-refractivity contribution in [1.29, 1.82) is 0 Å². The summed E-state index contributed by atoms with van der Waals surface area (Å²) >= 11 is 0. The molecule has 1 aromatic heterocycles. The van der Waals surface area contributed by atoms with Crippen molar-refractivity contribution in [2.75, 3.05) is 18.1 Å². The zero-order valence-corrected chi connectivity index (χ0v) is 13.7. The highest BCUT2D eigenvalue weighted by Gasteiger charge is 2.27. The molecule has 1 aromatic rings. The maximum atomic E-state index is 12.3. The number of nitrogens with one attached hydrogen (secondary N) is 2. The van der Waals surface area contributed by atoms with Crippen molar-refractivity contribution in [3.05, 3.63) is 17.0 Å². The van der Waals surface area contributed by atoms with Gasteiger partial charge in [0, 0.05) is 17.8 Å². The molecule has 122 valence electrons. The molecular weight excluding hydrogens is 302 g/mol. The molecule has 3 rings (SSSR count). The maximum absolute atomic E-state index is 12.3. The van der Waals surface area contributed by atoms with Gasteiger partial charge in [-0.05, 0) is 43.9 Å². The predicted octanol–water partition coefficient (Wildman–Crippen LogP) is 1.09. The number of aromatic amines is 1. The Morgan fingerprint density at radius 1 is 1.32 bits per heavy atom. The molecule has 7 heteroatoms. The zero-order valence-electron chi connectivity index (χ0n) is 12.9. The van der Waals surface area contributed by atoms with E-state index >= 15 is 0 Å². The van der Waals surface area contributed by atoms with Crippen molar-refractivity contribution in [3.63, 3.8) is 0 Å². The lowest BCUT2D eigenvalue weighted by Gasteiger charge is -2.22. The molecule has 6 nitrogen and oxygen atoms in total. The molecule has 1 aliphatic carbocycles. The molecule has 2 N–H and O–H groups in total. The molecule has 1 amide bonds. The number of hydrogen-bond donors (Lipinski definition) is 2. The minimum Gasteiger partial charge on any atom is -0.350 e. The minimum atomic E-state index is -2.85. The van der Waals surface area contributed by atoms with Crippen LogP contribution in [0.25, 0.3) is 0 Å². The lowest BCUT2D eigenvalue weighted by molar-refractivity contribution is 0.0940. The van der Waals surface area contributed by atoms with E-state index in [2.05, 4.69) is 22.4 Å². The lowest BCUT2D eigenvalue weighted by Crippen LogP contribution is -2.34. The highest BCUT2D eigenvalue weighted by Crippen LogP contribution is 2.26. The minimum absolute atomic E-state index is 0.139. The number of carbonyl (C=O) groups is 1. The standard InChI is InChI=1S/C15H23N3O3S/c1-10-2-3-13-12(8-10)14(18-17-13)15(19)16-9-11-4-6-22(20,21)7-5-11/h10-11H,2-9H2,1H3,(H,16,19)(H,17,18). The van der Waals surface area contributed by atoms with Gasteiger partial charge in [0.2, 0.25) is 0 Å². The van der Waals surface area contributed by atoms with Gasteiger partial charge in [0.25, 0.3) is 5.91 Å². The molecule has 0 radical (unpaired) electrons. The van der Waals surface area contributed by atoms with Crippen molar-refractivity contribution in [1.82, 2.24) is 15.5 Å². The summed E-state index contributed by atoms with van der Waals surface area (Å²) in [6, 6.07) is 0. The smallest absolute Gasteiger partial charge is 0.272 e. The Bertz CT molecular complexity index is 652. The van der Waals surface area contributed by atoms with Gasteiger partial charge in [-0.15, -0.1) is 0 Å². The molecule has 0 aromatic carbocycles. The zero-order chi connectivity index (χ0) is 15.7. The van der Waals surface area contributed by atoms with Crippen LogP contribution in [0, 0.1) is 11.8 Å². The first kappa shape index (κ1) is 15.5. The van der Waals surface area contributed by atoms with Crippen LogP contribution in [0.2, 0.25) is 0 Å². The Kier molecular flexibility index (Phi) is 4.25. The monoisotopic (exact) mass is 325 g/mol. The average Bonchev–Trinajstić information content (AvgIpc) is 2.89. The van der Waals surface area contributed by atoms with Crippen LogP contribution >= 0.6 is 0 Å². The van der Waals surface area contributed by atoms with Gasteiger partial charge >= 0.3 is 0 Å². The van der Waals surface area contributed by atoms with E-state index in [0.29, 0.717) is 31.0 Å². The number of sulfone groups is 1. The third-order valence-electron chi connectivity index (χ3n) is 4.83. The Labute approximate surface area is 131 Å². The van der Waals surface area contributed by atoms with Crippen LogP contribution in [0.5, 0.6) is 0 Å². The second-order valence-corrected chi connectivity index (χ2v) is 8.99.